The summed E-state index contributed by atoms with van der Waals surface area (Å²) >= 11 is 0. The molecule has 0 aliphatic rings. The predicted molar refractivity (Wildman–Crippen MR) is 242 cm³/mol. The number of carbonyl (C=O) groups excluding carboxylic acids is 4. The molecule has 2 aromatic carbocycles. The minimum Gasteiger partial charge on any atom is -0.544 e. The maximum atomic E-state index is 14.7. The largest absolute Gasteiger partial charge is 0.544 e. The number of likely N-dealkylation sites (N-methyl/N-ethyl adjacent to an activating group) is 1. The molecule has 0 aliphatic carbocycles. The van der Waals surface area contributed by atoms with Gasteiger partial charge in [-0.05, 0) is 93.9 Å². The number of allylic oxidation sites excluding steroid dienone is 3. The van der Waals surface area contributed by atoms with Crippen molar-refractivity contribution in [3.8, 4) is 5.75 Å². The number of amides is 3. The van der Waals surface area contributed by atoms with Crippen molar-refractivity contribution >= 4 is 42.9 Å². The van der Waals surface area contributed by atoms with Gasteiger partial charge in [0.2, 0.25) is 26.0 Å². The quantitative estimate of drug-likeness (QED) is 0.0401. The van der Waals surface area contributed by atoms with Gasteiger partial charge in [-0.15, -0.1) is 13.2 Å². The summed E-state index contributed by atoms with van der Waals surface area (Å²) in [6.45, 7) is 27.7. The van der Waals surface area contributed by atoms with E-state index in [0.29, 0.717) is 17.7 Å². The van der Waals surface area contributed by atoms with Crippen molar-refractivity contribution in [3.05, 3.63) is 103 Å². The number of ether oxygens (including phenoxy) is 1. The number of rotatable bonds is 22. The van der Waals surface area contributed by atoms with Gasteiger partial charge in [0.15, 0.2) is 0 Å². The third-order valence-corrected chi connectivity index (χ3v) is 15.8. The van der Waals surface area contributed by atoms with E-state index in [2.05, 4.69) is 74.8 Å². The number of fused-ring (bicyclic) bond motifs is 1. The molecule has 3 N–H and O–H groups in total. The molecular weight excluding hydrogens is 757 g/mol. The molecule has 3 rings (SSSR count). The molecule has 3 amide bonds. The summed E-state index contributed by atoms with van der Waals surface area (Å²) in [7, 11) is -0.560. The Morgan fingerprint density at radius 1 is 0.932 bits per heavy atom. The highest BCUT2D eigenvalue weighted by Gasteiger charge is 2.39. The van der Waals surface area contributed by atoms with Gasteiger partial charge in [0.1, 0.15) is 23.9 Å². The molecule has 0 aliphatic heterocycles. The van der Waals surface area contributed by atoms with Crippen molar-refractivity contribution in [2.24, 2.45) is 11.8 Å². The lowest BCUT2D eigenvalue weighted by Gasteiger charge is -2.36. The van der Waals surface area contributed by atoms with Crippen molar-refractivity contribution in [3.63, 3.8) is 0 Å². The monoisotopic (exact) mass is 827 g/mol. The Morgan fingerprint density at radius 2 is 1.59 bits per heavy atom. The molecule has 1 aromatic heterocycles. The van der Waals surface area contributed by atoms with E-state index in [1.165, 1.54) is 4.90 Å². The number of H-pyrrole nitrogens is 1. The number of nitrogens with one attached hydrogen (secondary N) is 3. The molecule has 322 valence electrons. The first-order valence-corrected chi connectivity index (χ1v) is 23.9. The van der Waals surface area contributed by atoms with Crippen LogP contribution in [0.4, 0.5) is 0 Å². The lowest BCUT2D eigenvalue weighted by atomic mass is 9.99. The molecule has 0 saturated carbocycles. The first kappa shape index (κ1) is 48.5. The standard InChI is InChI=1S/C48H70N4O6Si/c1-14-15-16-17-18-21-33(4)36(7)57-44(53)30-42(37-24-26-39(27-25-37)58-59(12,13)48(8,9)10)51-46(55)43(29-38-31-49-41-23-20-19-22-40(38)41)52(11)47(56)35(6)50-45(54)34(5)28-32(2)3/h14,18-27,31,33-36,42-43,49H,1-2,15-17,28-30H2,3-13H3,(H,50,54)(H,51,55)/b21-18-/t33-,34-,35+,36+,42-,43-/m1/s1. The van der Waals surface area contributed by atoms with Gasteiger partial charge in [-0.2, -0.15) is 0 Å². The second kappa shape index (κ2) is 21.9. The van der Waals surface area contributed by atoms with Crippen LogP contribution in [0.5, 0.6) is 5.75 Å². The zero-order valence-corrected chi connectivity index (χ0v) is 38.4. The van der Waals surface area contributed by atoms with E-state index >= 15 is 0 Å². The highest BCUT2D eigenvalue weighted by Crippen LogP contribution is 2.37. The van der Waals surface area contributed by atoms with E-state index in [9.17, 15) is 19.2 Å². The van der Waals surface area contributed by atoms with Gasteiger partial charge in [0.25, 0.3) is 0 Å². The van der Waals surface area contributed by atoms with Crippen LogP contribution in [0, 0.1) is 11.8 Å². The molecule has 0 fully saturated rings. The Bertz CT molecular complexity index is 1930. The molecule has 10 nitrogen and oxygen atoms in total. The molecule has 3 aromatic rings. The van der Waals surface area contributed by atoms with Crippen molar-refractivity contribution in [2.75, 3.05) is 7.05 Å². The Morgan fingerprint density at radius 3 is 2.22 bits per heavy atom. The van der Waals surface area contributed by atoms with Crippen LogP contribution >= 0.6 is 0 Å². The van der Waals surface area contributed by atoms with E-state index < -0.39 is 50.3 Å². The third-order valence-electron chi connectivity index (χ3n) is 11.5. The molecule has 0 saturated heterocycles. The summed E-state index contributed by atoms with van der Waals surface area (Å²) in [4.78, 5) is 60.1. The van der Waals surface area contributed by atoms with Gasteiger partial charge < -0.3 is 29.7 Å². The minimum absolute atomic E-state index is 0.00694. The number of benzene rings is 2. The van der Waals surface area contributed by atoms with Gasteiger partial charge in [-0.1, -0.05) is 88.8 Å². The Hall–Kier alpha value is -4.90. The van der Waals surface area contributed by atoms with Gasteiger partial charge in [-0.25, -0.2) is 0 Å². The van der Waals surface area contributed by atoms with Crippen molar-refractivity contribution in [1.82, 2.24) is 20.5 Å². The zero-order chi connectivity index (χ0) is 44.1. The lowest BCUT2D eigenvalue weighted by Crippen LogP contribution is -2.55. The minimum atomic E-state index is -2.14. The molecule has 0 unspecified atom stereocenters. The zero-order valence-electron chi connectivity index (χ0n) is 37.4. The number of esters is 1. The number of hydrogen-bond acceptors (Lipinski definition) is 6. The van der Waals surface area contributed by atoms with Crippen LogP contribution in [-0.2, 0) is 30.3 Å². The first-order valence-electron chi connectivity index (χ1n) is 21.0. The highest BCUT2D eigenvalue weighted by molar-refractivity contribution is 6.74. The normalized spacial score (nSPS) is 15.0. The summed E-state index contributed by atoms with van der Waals surface area (Å²) in [5.74, 6) is -1.30. The summed E-state index contributed by atoms with van der Waals surface area (Å²) in [6, 6.07) is 12.6. The van der Waals surface area contributed by atoms with Crippen LogP contribution in [0.2, 0.25) is 18.1 Å². The summed E-state index contributed by atoms with van der Waals surface area (Å²) in [6.07, 6.45) is 10.9. The summed E-state index contributed by atoms with van der Waals surface area (Å²) < 4.78 is 12.5. The van der Waals surface area contributed by atoms with E-state index in [1.54, 1.807) is 20.9 Å². The summed E-state index contributed by atoms with van der Waals surface area (Å²) in [5.41, 5.74) is 3.30. The SMILES string of the molecule is C=CCCC/C=C\[C@@H](C)[C@H](C)OC(=O)C[C@@H](NC(=O)[C@@H](Cc1c[nH]c2ccccc12)N(C)C(=O)[C@H](C)NC(=O)[C@H](C)CC(=C)C)c1ccc(O[Si](C)(C)C(C)(C)C)cc1. The number of nitrogens with zero attached hydrogens (tertiary/aromatic N) is 1. The Balaban J connectivity index is 1.96. The smallest absolute Gasteiger partial charge is 0.308 e. The van der Waals surface area contributed by atoms with E-state index in [0.717, 1.165) is 41.3 Å². The van der Waals surface area contributed by atoms with Crippen molar-refractivity contribution in [2.45, 2.75) is 136 Å². The fourth-order valence-electron chi connectivity index (χ4n) is 6.52. The topological polar surface area (TPSA) is 130 Å². The van der Waals surface area contributed by atoms with Gasteiger partial charge in [-0.3, -0.25) is 19.2 Å². The molecule has 1 heterocycles. The second-order valence-electron chi connectivity index (χ2n) is 17.7. The molecule has 6 atom stereocenters. The average Bonchev–Trinajstić information content (AvgIpc) is 3.57. The molecule has 11 heteroatoms. The average molecular weight is 827 g/mol. The lowest BCUT2D eigenvalue weighted by molar-refractivity contribution is -0.150. The van der Waals surface area contributed by atoms with Crippen LogP contribution in [0.25, 0.3) is 10.9 Å². The fourth-order valence-corrected chi connectivity index (χ4v) is 7.55. The number of unbranched alkanes of at least 4 members (excludes halogenated alkanes) is 2. The number of hydrogen-bond donors (Lipinski definition) is 3. The van der Waals surface area contributed by atoms with Gasteiger partial charge in [0.05, 0.1) is 12.5 Å². The Labute approximate surface area is 354 Å². The highest BCUT2D eigenvalue weighted by atomic mass is 28.4. The molecule has 0 spiro atoms. The predicted octanol–water partition coefficient (Wildman–Crippen LogP) is 9.76. The van der Waals surface area contributed by atoms with Crippen molar-refractivity contribution < 1.29 is 28.3 Å². The van der Waals surface area contributed by atoms with E-state index in [4.69, 9.17) is 9.16 Å². The van der Waals surface area contributed by atoms with Crippen LogP contribution in [0.3, 0.4) is 0 Å². The maximum Gasteiger partial charge on any atom is 0.308 e. The summed E-state index contributed by atoms with van der Waals surface area (Å²) in [5, 5.41) is 6.89. The second-order valence-corrected chi connectivity index (χ2v) is 22.4. The first-order chi connectivity index (χ1) is 27.6. The molecule has 0 radical (unpaired) electrons. The molecular formula is C48H70N4O6Si. The van der Waals surface area contributed by atoms with E-state index in [-0.39, 0.29) is 35.6 Å². The number of carbonyl (C=O) groups is 4. The van der Waals surface area contributed by atoms with Gasteiger partial charge >= 0.3 is 5.97 Å². The van der Waals surface area contributed by atoms with Crippen LogP contribution in [-0.4, -0.2) is 67.1 Å². The number of aromatic nitrogens is 1. The van der Waals surface area contributed by atoms with Crippen molar-refractivity contribution in [1.29, 1.82) is 0 Å². The maximum absolute atomic E-state index is 14.7. The van der Waals surface area contributed by atoms with Crippen LogP contribution in [0.15, 0.2) is 91.7 Å². The van der Waals surface area contributed by atoms with Gasteiger partial charge in [0, 0.05) is 42.4 Å². The fraction of sp³-hybridized carbons (Fsp3) is 0.500. The molecule has 0 bridgehead atoms. The number of para-hydroxylation sites is 1. The third kappa shape index (κ3) is 14.4. The number of aromatic amines is 1. The van der Waals surface area contributed by atoms with Crippen LogP contribution < -0.4 is 15.1 Å². The van der Waals surface area contributed by atoms with E-state index in [1.807, 2.05) is 81.6 Å². The van der Waals surface area contributed by atoms with Crippen LogP contribution in [0.1, 0.15) is 105 Å². The Kier molecular flexibility index (Phi) is 18.0. The molecule has 59 heavy (non-hydrogen) atoms.